The number of anilines is 2. The molecule has 0 radical (unpaired) electrons. The van der Waals surface area contributed by atoms with Gasteiger partial charge in [0.15, 0.2) is 0 Å². The number of likely N-dealkylation sites (tertiary alicyclic amines) is 1. The summed E-state index contributed by atoms with van der Waals surface area (Å²) in [4.78, 5) is 42.9. The molecule has 2 heterocycles. The summed E-state index contributed by atoms with van der Waals surface area (Å²) in [6, 6.07) is 16.2. The molecule has 9 nitrogen and oxygen atoms in total. The summed E-state index contributed by atoms with van der Waals surface area (Å²) in [5.74, 6) is -0.484. The van der Waals surface area contributed by atoms with E-state index in [-0.39, 0.29) is 23.2 Å². The third-order valence-corrected chi connectivity index (χ3v) is 6.24. The second-order valence-corrected chi connectivity index (χ2v) is 8.85. The van der Waals surface area contributed by atoms with Gasteiger partial charge >= 0.3 is 0 Å². The largest absolute Gasteiger partial charge is 0.371 e. The molecule has 1 fully saturated rings. The number of hydrogen-bond acceptors (Lipinski definition) is 6. The maximum Gasteiger partial charge on any atom is 0.293 e. The molecule has 1 aromatic heterocycles. The monoisotopic (exact) mass is 487 g/mol. The van der Waals surface area contributed by atoms with Crippen LogP contribution in [0.3, 0.4) is 0 Å². The number of amides is 2. The first-order valence-electron chi connectivity index (χ1n) is 12.1. The number of nitro benzene ring substituents is 1. The summed E-state index contributed by atoms with van der Waals surface area (Å²) in [5, 5.41) is 17.6. The van der Waals surface area contributed by atoms with Crippen LogP contribution in [0.1, 0.15) is 65.1 Å². The Bertz CT molecular complexity index is 1220. The highest BCUT2D eigenvalue weighted by molar-refractivity contribution is 6.05. The van der Waals surface area contributed by atoms with E-state index in [1.165, 1.54) is 18.2 Å². The van der Waals surface area contributed by atoms with Crippen molar-refractivity contribution in [3.63, 3.8) is 0 Å². The lowest BCUT2D eigenvalue weighted by Crippen LogP contribution is -2.31. The van der Waals surface area contributed by atoms with E-state index in [9.17, 15) is 19.7 Å². The highest BCUT2D eigenvalue weighted by atomic mass is 16.6. The van der Waals surface area contributed by atoms with Crippen LogP contribution in [0, 0.1) is 10.1 Å². The molecule has 0 spiro atoms. The van der Waals surface area contributed by atoms with Gasteiger partial charge in [-0.1, -0.05) is 18.9 Å². The summed E-state index contributed by atoms with van der Waals surface area (Å²) >= 11 is 0. The quantitative estimate of drug-likeness (QED) is 0.339. The van der Waals surface area contributed by atoms with Crippen LogP contribution in [0.15, 0.2) is 66.9 Å². The SMILES string of the molecule is CC(Nc1ccc(C(=O)Nc2ccc(C(=O)N3CCCCCC3)cc2)cc1[N+](=O)[O-])c1ccccn1. The van der Waals surface area contributed by atoms with Gasteiger partial charge in [0.05, 0.1) is 16.7 Å². The molecule has 1 aliphatic heterocycles. The number of nitrogens with zero attached hydrogens (tertiary/aromatic N) is 3. The second-order valence-electron chi connectivity index (χ2n) is 8.85. The first kappa shape index (κ1) is 24.8. The Morgan fingerprint density at radius 3 is 2.31 bits per heavy atom. The zero-order valence-electron chi connectivity index (χ0n) is 20.1. The Morgan fingerprint density at radius 2 is 1.67 bits per heavy atom. The molecule has 0 aliphatic carbocycles. The minimum absolute atomic E-state index is 0.00609. The molecule has 2 aromatic carbocycles. The third-order valence-electron chi connectivity index (χ3n) is 6.24. The van der Waals surface area contributed by atoms with Crippen molar-refractivity contribution in [2.24, 2.45) is 0 Å². The van der Waals surface area contributed by atoms with Crippen LogP contribution in [0.4, 0.5) is 17.1 Å². The second kappa shape index (κ2) is 11.4. The molecule has 2 N–H and O–H groups in total. The zero-order valence-corrected chi connectivity index (χ0v) is 20.1. The lowest BCUT2D eigenvalue weighted by molar-refractivity contribution is -0.384. The molecule has 0 bridgehead atoms. The Kier molecular flexibility index (Phi) is 7.89. The number of rotatable bonds is 7. The molecular formula is C27H29N5O4. The molecular weight excluding hydrogens is 458 g/mol. The fourth-order valence-corrected chi connectivity index (χ4v) is 4.24. The van der Waals surface area contributed by atoms with Crippen molar-refractivity contribution in [2.75, 3.05) is 23.7 Å². The van der Waals surface area contributed by atoms with Crippen molar-refractivity contribution in [2.45, 2.75) is 38.6 Å². The van der Waals surface area contributed by atoms with Gasteiger partial charge in [-0.3, -0.25) is 24.7 Å². The number of carbonyl (C=O) groups excluding carboxylic acids is 2. The number of aromatic nitrogens is 1. The lowest BCUT2D eigenvalue weighted by Gasteiger charge is -2.20. The normalized spacial score (nSPS) is 14.4. The highest BCUT2D eigenvalue weighted by Crippen LogP contribution is 2.29. The van der Waals surface area contributed by atoms with Gasteiger partial charge in [0.25, 0.3) is 17.5 Å². The van der Waals surface area contributed by atoms with Crippen LogP contribution in [0.25, 0.3) is 0 Å². The number of nitro groups is 1. The van der Waals surface area contributed by atoms with Gasteiger partial charge in [-0.25, -0.2) is 0 Å². The Labute approximate surface area is 209 Å². The Morgan fingerprint density at radius 1 is 0.972 bits per heavy atom. The van der Waals surface area contributed by atoms with E-state index in [1.54, 1.807) is 36.5 Å². The molecule has 9 heteroatoms. The summed E-state index contributed by atoms with van der Waals surface area (Å²) < 4.78 is 0. The minimum Gasteiger partial charge on any atom is -0.371 e. The van der Waals surface area contributed by atoms with Crippen molar-refractivity contribution >= 4 is 28.9 Å². The van der Waals surface area contributed by atoms with Gasteiger partial charge in [-0.15, -0.1) is 0 Å². The van der Waals surface area contributed by atoms with Gasteiger partial charge in [0.2, 0.25) is 0 Å². The van der Waals surface area contributed by atoms with E-state index in [2.05, 4.69) is 15.6 Å². The van der Waals surface area contributed by atoms with E-state index in [1.807, 2.05) is 24.0 Å². The van der Waals surface area contributed by atoms with Crippen LogP contribution in [0.2, 0.25) is 0 Å². The molecule has 186 valence electrons. The van der Waals surface area contributed by atoms with Crippen molar-refractivity contribution in [3.05, 3.63) is 93.8 Å². The summed E-state index contributed by atoms with van der Waals surface area (Å²) in [6.45, 7) is 3.39. The van der Waals surface area contributed by atoms with Crippen LogP contribution < -0.4 is 10.6 Å². The molecule has 3 aromatic rings. The molecule has 0 saturated carbocycles. The zero-order chi connectivity index (χ0) is 25.5. The fraction of sp³-hybridized carbons (Fsp3) is 0.296. The smallest absolute Gasteiger partial charge is 0.293 e. The van der Waals surface area contributed by atoms with Crippen LogP contribution in [-0.4, -0.2) is 39.7 Å². The van der Waals surface area contributed by atoms with Gasteiger partial charge < -0.3 is 15.5 Å². The standard InChI is InChI=1S/C27H29N5O4/c1-19(23-8-4-5-15-28-23)29-24-14-11-21(18-25(24)32(35)36)26(33)30-22-12-9-20(10-13-22)27(34)31-16-6-2-3-7-17-31/h4-5,8-15,18-19,29H,2-3,6-7,16-17H2,1H3,(H,30,33). The average Bonchev–Trinajstić information content (AvgIpc) is 3.19. The summed E-state index contributed by atoms with van der Waals surface area (Å²) in [7, 11) is 0. The maximum absolute atomic E-state index is 12.8. The fourth-order valence-electron chi connectivity index (χ4n) is 4.24. The van der Waals surface area contributed by atoms with E-state index < -0.39 is 10.8 Å². The highest BCUT2D eigenvalue weighted by Gasteiger charge is 2.21. The number of carbonyl (C=O) groups is 2. The van der Waals surface area contributed by atoms with Crippen molar-refractivity contribution in [1.82, 2.24) is 9.88 Å². The predicted molar refractivity (Wildman–Crippen MR) is 138 cm³/mol. The molecule has 1 saturated heterocycles. The first-order chi connectivity index (χ1) is 17.4. The summed E-state index contributed by atoms with van der Waals surface area (Å²) in [6.07, 6.45) is 5.98. The van der Waals surface area contributed by atoms with E-state index in [0.717, 1.165) is 44.5 Å². The number of benzene rings is 2. The van der Waals surface area contributed by atoms with Crippen LogP contribution in [-0.2, 0) is 0 Å². The maximum atomic E-state index is 12.8. The summed E-state index contributed by atoms with van der Waals surface area (Å²) in [5.41, 5.74) is 2.06. The molecule has 2 amide bonds. The number of pyridine rings is 1. The van der Waals surface area contributed by atoms with Gasteiger partial charge in [0.1, 0.15) is 5.69 Å². The average molecular weight is 488 g/mol. The molecule has 1 atom stereocenters. The number of nitrogens with one attached hydrogen (secondary N) is 2. The van der Waals surface area contributed by atoms with Gasteiger partial charge in [-0.05, 0) is 68.3 Å². The molecule has 1 unspecified atom stereocenters. The number of hydrogen-bond donors (Lipinski definition) is 2. The van der Waals surface area contributed by atoms with Crippen LogP contribution >= 0.6 is 0 Å². The van der Waals surface area contributed by atoms with Crippen molar-refractivity contribution < 1.29 is 14.5 Å². The van der Waals surface area contributed by atoms with E-state index >= 15 is 0 Å². The minimum atomic E-state index is -0.520. The first-order valence-corrected chi connectivity index (χ1v) is 12.1. The lowest BCUT2D eigenvalue weighted by atomic mass is 10.1. The van der Waals surface area contributed by atoms with Gasteiger partial charge in [-0.2, -0.15) is 0 Å². The Hall–Kier alpha value is -4.27. The third kappa shape index (κ3) is 6.04. The predicted octanol–water partition coefficient (Wildman–Crippen LogP) is 5.43. The Balaban J connectivity index is 1.44. The van der Waals surface area contributed by atoms with Crippen LogP contribution in [0.5, 0.6) is 0 Å². The van der Waals surface area contributed by atoms with Gasteiger partial charge in [0, 0.05) is 42.2 Å². The topological polar surface area (TPSA) is 117 Å². The molecule has 36 heavy (non-hydrogen) atoms. The molecule has 1 aliphatic rings. The van der Waals surface area contributed by atoms with E-state index in [4.69, 9.17) is 0 Å². The van der Waals surface area contributed by atoms with Crippen molar-refractivity contribution in [1.29, 1.82) is 0 Å². The van der Waals surface area contributed by atoms with Crippen molar-refractivity contribution in [3.8, 4) is 0 Å². The molecule has 4 rings (SSSR count). The van der Waals surface area contributed by atoms with E-state index in [0.29, 0.717) is 16.9 Å².